The fraction of sp³-hybridized carbons (Fsp3) is 0.583. The highest BCUT2D eigenvalue weighted by Gasteiger charge is 2.29. The van der Waals surface area contributed by atoms with E-state index in [4.69, 9.17) is 9.15 Å². The first kappa shape index (κ1) is 11.2. The zero-order valence-corrected chi connectivity index (χ0v) is 9.52. The molecule has 2 heterocycles. The Labute approximate surface area is 95.2 Å². The van der Waals surface area contributed by atoms with E-state index >= 15 is 0 Å². The van der Waals surface area contributed by atoms with Gasteiger partial charge in [0.1, 0.15) is 6.04 Å². The number of nitrogens with zero attached hydrogens (tertiary/aromatic N) is 1. The van der Waals surface area contributed by atoms with E-state index in [1.807, 2.05) is 6.07 Å². The summed E-state index contributed by atoms with van der Waals surface area (Å²) in [5.74, 6) is -0.122. The van der Waals surface area contributed by atoms with Crippen LogP contribution in [0.1, 0.15) is 24.8 Å². The maximum absolute atomic E-state index is 11.6. The van der Waals surface area contributed by atoms with Crippen molar-refractivity contribution in [3.05, 3.63) is 24.2 Å². The summed E-state index contributed by atoms with van der Waals surface area (Å²) in [7, 11) is 1.45. The Bertz CT molecular complexity index is 334. The fourth-order valence-electron chi connectivity index (χ4n) is 2.20. The predicted octanol–water partition coefficient (Wildman–Crippen LogP) is 1.81. The summed E-state index contributed by atoms with van der Waals surface area (Å²) < 4.78 is 9.87. The first-order valence-electron chi connectivity index (χ1n) is 5.64. The largest absolute Gasteiger partial charge is 0.472 e. The molecule has 1 aromatic rings. The van der Waals surface area contributed by atoms with Gasteiger partial charge in [-0.3, -0.25) is 9.69 Å². The van der Waals surface area contributed by atoms with Crippen molar-refractivity contribution >= 4 is 5.97 Å². The highest BCUT2D eigenvalue weighted by Crippen LogP contribution is 2.20. The van der Waals surface area contributed by atoms with Gasteiger partial charge in [-0.25, -0.2) is 0 Å². The van der Waals surface area contributed by atoms with Crippen LogP contribution in [0.25, 0.3) is 0 Å². The lowest BCUT2D eigenvalue weighted by Crippen LogP contribution is -2.44. The number of carbonyl (C=O) groups excluding carboxylic acids is 1. The van der Waals surface area contributed by atoms with Crippen LogP contribution in [0.5, 0.6) is 0 Å². The first-order chi connectivity index (χ1) is 7.81. The van der Waals surface area contributed by atoms with Crippen LogP contribution in [0.3, 0.4) is 0 Å². The molecule has 1 aliphatic rings. The lowest BCUT2D eigenvalue weighted by atomic mass is 10.0. The van der Waals surface area contributed by atoms with Crippen molar-refractivity contribution in [1.82, 2.24) is 4.90 Å². The molecule has 0 spiro atoms. The van der Waals surface area contributed by atoms with Gasteiger partial charge in [-0.05, 0) is 25.5 Å². The summed E-state index contributed by atoms with van der Waals surface area (Å²) in [5, 5.41) is 0. The molecule has 1 aliphatic heterocycles. The molecule has 0 aliphatic carbocycles. The number of piperidine rings is 1. The van der Waals surface area contributed by atoms with Crippen LogP contribution in [-0.4, -0.2) is 30.6 Å². The summed E-state index contributed by atoms with van der Waals surface area (Å²) in [4.78, 5) is 13.8. The lowest BCUT2D eigenvalue weighted by molar-refractivity contribution is -0.148. The van der Waals surface area contributed by atoms with Crippen molar-refractivity contribution in [3.8, 4) is 0 Å². The van der Waals surface area contributed by atoms with E-state index in [0.29, 0.717) is 0 Å². The summed E-state index contributed by atoms with van der Waals surface area (Å²) in [6.45, 7) is 1.71. The molecule has 0 aromatic carbocycles. The van der Waals surface area contributed by atoms with Crippen LogP contribution in [0.4, 0.5) is 0 Å². The van der Waals surface area contributed by atoms with Gasteiger partial charge in [-0.2, -0.15) is 0 Å². The van der Waals surface area contributed by atoms with Crippen molar-refractivity contribution < 1.29 is 13.9 Å². The molecule has 16 heavy (non-hydrogen) atoms. The topological polar surface area (TPSA) is 42.7 Å². The number of carbonyl (C=O) groups is 1. The maximum Gasteiger partial charge on any atom is 0.323 e. The number of hydrogen-bond acceptors (Lipinski definition) is 4. The number of furan rings is 1. The standard InChI is InChI=1S/C12H17NO3/c1-15-12(14)11-4-2-3-6-13(11)8-10-5-7-16-9-10/h5,7,9,11H,2-4,6,8H2,1H3/t11-/m1/s1. The molecule has 1 saturated heterocycles. The maximum atomic E-state index is 11.6. The molecule has 4 nitrogen and oxygen atoms in total. The number of hydrogen-bond donors (Lipinski definition) is 0. The summed E-state index contributed by atoms with van der Waals surface area (Å²) >= 11 is 0. The normalized spacial score (nSPS) is 21.9. The van der Waals surface area contributed by atoms with Gasteiger partial charge in [0, 0.05) is 12.1 Å². The summed E-state index contributed by atoms with van der Waals surface area (Å²) in [6, 6.07) is 1.84. The van der Waals surface area contributed by atoms with E-state index in [0.717, 1.165) is 37.9 Å². The molecule has 0 N–H and O–H groups in total. The van der Waals surface area contributed by atoms with Crippen LogP contribution in [-0.2, 0) is 16.1 Å². The molecule has 4 heteroatoms. The summed E-state index contributed by atoms with van der Waals surface area (Å²) in [5.41, 5.74) is 1.11. The number of ether oxygens (including phenoxy) is 1. The number of esters is 1. The second-order valence-electron chi connectivity index (χ2n) is 4.14. The van der Waals surface area contributed by atoms with E-state index < -0.39 is 0 Å². The Hall–Kier alpha value is -1.29. The van der Waals surface area contributed by atoms with Crippen LogP contribution < -0.4 is 0 Å². The second kappa shape index (κ2) is 5.16. The minimum absolute atomic E-state index is 0.0892. The van der Waals surface area contributed by atoms with Crippen molar-refractivity contribution in [3.63, 3.8) is 0 Å². The zero-order valence-electron chi connectivity index (χ0n) is 9.52. The third-order valence-electron chi connectivity index (χ3n) is 3.05. The van der Waals surface area contributed by atoms with E-state index in [-0.39, 0.29) is 12.0 Å². The van der Waals surface area contributed by atoms with Gasteiger partial charge in [-0.1, -0.05) is 6.42 Å². The van der Waals surface area contributed by atoms with E-state index in [1.54, 1.807) is 12.5 Å². The Morgan fingerprint density at radius 2 is 2.50 bits per heavy atom. The molecule has 0 unspecified atom stereocenters. The third-order valence-corrected chi connectivity index (χ3v) is 3.05. The van der Waals surface area contributed by atoms with Gasteiger partial charge in [0.2, 0.25) is 0 Å². The first-order valence-corrected chi connectivity index (χ1v) is 5.64. The molecule has 1 atom stereocenters. The molecule has 0 saturated carbocycles. The molecule has 0 amide bonds. The van der Waals surface area contributed by atoms with Gasteiger partial charge >= 0.3 is 5.97 Å². The van der Waals surface area contributed by atoms with Crippen LogP contribution in [0.2, 0.25) is 0 Å². The van der Waals surface area contributed by atoms with Crippen LogP contribution >= 0.6 is 0 Å². The predicted molar refractivity (Wildman–Crippen MR) is 58.8 cm³/mol. The Balaban J connectivity index is 2.02. The van der Waals surface area contributed by atoms with Gasteiger partial charge < -0.3 is 9.15 Å². The third kappa shape index (κ3) is 2.44. The number of methoxy groups -OCH3 is 1. The average Bonchev–Trinajstić information content (AvgIpc) is 2.82. The molecule has 1 fully saturated rings. The average molecular weight is 223 g/mol. The SMILES string of the molecule is COC(=O)[C@H]1CCCCN1Cc1ccoc1. The highest BCUT2D eigenvalue weighted by atomic mass is 16.5. The Morgan fingerprint density at radius 1 is 1.62 bits per heavy atom. The second-order valence-corrected chi connectivity index (χ2v) is 4.14. The zero-order chi connectivity index (χ0) is 11.4. The van der Waals surface area contributed by atoms with Gasteiger partial charge in [-0.15, -0.1) is 0 Å². The van der Waals surface area contributed by atoms with Crippen LogP contribution in [0.15, 0.2) is 23.0 Å². The van der Waals surface area contributed by atoms with Crippen LogP contribution in [0, 0.1) is 0 Å². The molecule has 0 radical (unpaired) electrons. The minimum Gasteiger partial charge on any atom is -0.472 e. The molecule has 0 bridgehead atoms. The Kier molecular flexibility index (Phi) is 3.62. The molecular weight excluding hydrogens is 206 g/mol. The molecule has 2 rings (SSSR count). The number of rotatable bonds is 3. The van der Waals surface area contributed by atoms with E-state index in [9.17, 15) is 4.79 Å². The van der Waals surface area contributed by atoms with Crippen molar-refractivity contribution in [1.29, 1.82) is 0 Å². The summed E-state index contributed by atoms with van der Waals surface area (Å²) in [6.07, 6.45) is 6.52. The van der Waals surface area contributed by atoms with E-state index in [1.165, 1.54) is 7.11 Å². The van der Waals surface area contributed by atoms with Gasteiger partial charge in [0.25, 0.3) is 0 Å². The quantitative estimate of drug-likeness (QED) is 0.733. The van der Waals surface area contributed by atoms with Gasteiger partial charge in [0.15, 0.2) is 0 Å². The van der Waals surface area contributed by atoms with Crippen molar-refractivity contribution in [2.24, 2.45) is 0 Å². The smallest absolute Gasteiger partial charge is 0.323 e. The molecule has 88 valence electrons. The van der Waals surface area contributed by atoms with Gasteiger partial charge in [0.05, 0.1) is 19.6 Å². The lowest BCUT2D eigenvalue weighted by Gasteiger charge is -2.33. The molecule has 1 aromatic heterocycles. The number of likely N-dealkylation sites (tertiary alicyclic amines) is 1. The highest BCUT2D eigenvalue weighted by molar-refractivity contribution is 5.75. The fourth-order valence-corrected chi connectivity index (χ4v) is 2.20. The molecular formula is C12H17NO3. The van der Waals surface area contributed by atoms with E-state index in [2.05, 4.69) is 4.90 Å². The monoisotopic (exact) mass is 223 g/mol. The minimum atomic E-state index is -0.122. The van der Waals surface area contributed by atoms with Crippen molar-refractivity contribution in [2.75, 3.05) is 13.7 Å². The Morgan fingerprint density at radius 3 is 3.19 bits per heavy atom. The van der Waals surface area contributed by atoms with Crippen molar-refractivity contribution in [2.45, 2.75) is 31.8 Å².